The second-order valence-corrected chi connectivity index (χ2v) is 4.80. The van der Waals surface area contributed by atoms with Crippen molar-refractivity contribution in [2.24, 2.45) is 5.92 Å². The molecule has 0 spiro atoms. The summed E-state index contributed by atoms with van der Waals surface area (Å²) in [5.74, 6) is 0.805. The first kappa shape index (κ1) is 11.6. The van der Waals surface area contributed by atoms with Crippen molar-refractivity contribution in [1.82, 2.24) is 5.32 Å². The maximum Gasteiger partial charge on any atom is 0.123 e. The molecule has 1 unspecified atom stereocenters. The summed E-state index contributed by atoms with van der Waals surface area (Å²) in [6, 6.07) is 7.44. The van der Waals surface area contributed by atoms with E-state index < -0.39 is 0 Å². The van der Waals surface area contributed by atoms with Crippen LogP contribution in [0.15, 0.2) is 24.3 Å². The van der Waals surface area contributed by atoms with Crippen LogP contribution in [-0.2, 0) is 6.54 Å². The van der Waals surface area contributed by atoms with Gasteiger partial charge < -0.3 is 5.32 Å². The third-order valence-corrected chi connectivity index (χ3v) is 3.29. The predicted molar refractivity (Wildman–Crippen MR) is 64.7 cm³/mol. The van der Waals surface area contributed by atoms with Gasteiger partial charge >= 0.3 is 0 Å². The average molecular weight is 221 g/mol. The quantitative estimate of drug-likeness (QED) is 0.775. The van der Waals surface area contributed by atoms with Crippen molar-refractivity contribution in [3.63, 3.8) is 0 Å². The monoisotopic (exact) mass is 221 g/mol. The Morgan fingerprint density at radius 2 is 2.25 bits per heavy atom. The maximum absolute atomic E-state index is 13.0. The fraction of sp³-hybridized carbons (Fsp3) is 0.571. The van der Waals surface area contributed by atoms with Crippen molar-refractivity contribution in [3.05, 3.63) is 35.6 Å². The van der Waals surface area contributed by atoms with Crippen LogP contribution in [-0.4, -0.2) is 6.04 Å². The molecule has 88 valence electrons. The van der Waals surface area contributed by atoms with E-state index in [1.807, 2.05) is 6.07 Å². The van der Waals surface area contributed by atoms with Crippen LogP contribution < -0.4 is 5.32 Å². The molecule has 1 aliphatic rings. The van der Waals surface area contributed by atoms with Crippen molar-refractivity contribution in [1.29, 1.82) is 0 Å². The molecule has 1 aliphatic carbocycles. The van der Waals surface area contributed by atoms with E-state index in [4.69, 9.17) is 0 Å². The first-order valence-corrected chi connectivity index (χ1v) is 6.25. The van der Waals surface area contributed by atoms with E-state index in [0.29, 0.717) is 6.04 Å². The van der Waals surface area contributed by atoms with Gasteiger partial charge in [0, 0.05) is 12.6 Å². The van der Waals surface area contributed by atoms with Gasteiger partial charge in [0.05, 0.1) is 0 Å². The smallest absolute Gasteiger partial charge is 0.123 e. The van der Waals surface area contributed by atoms with Crippen LogP contribution in [0.3, 0.4) is 0 Å². The second-order valence-electron chi connectivity index (χ2n) is 4.80. The molecular formula is C14H20FN. The lowest BCUT2D eigenvalue weighted by Gasteiger charge is -2.16. The van der Waals surface area contributed by atoms with Crippen LogP contribution in [0.2, 0.25) is 0 Å². The molecule has 0 radical (unpaired) electrons. The molecule has 16 heavy (non-hydrogen) atoms. The van der Waals surface area contributed by atoms with Crippen molar-refractivity contribution >= 4 is 0 Å². The topological polar surface area (TPSA) is 12.0 Å². The van der Waals surface area contributed by atoms with Crippen LogP contribution in [0.5, 0.6) is 0 Å². The van der Waals surface area contributed by atoms with Crippen molar-refractivity contribution in [2.75, 3.05) is 0 Å². The highest BCUT2D eigenvalue weighted by Crippen LogP contribution is 2.34. The Morgan fingerprint density at radius 1 is 1.44 bits per heavy atom. The molecule has 1 saturated carbocycles. The first-order chi connectivity index (χ1) is 7.78. The minimum absolute atomic E-state index is 0.144. The molecule has 1 aromatic rings. The summed E-state index contributed by atoms with van der Waals surface area (Å²) < 4.78 is 13.0. The summed E-state index contributed by atoms with van der Waals surface area (Å²) in [7, 11) is 0. The fourth-order valence-corrected chi connectivity index (χ4v) is 2.06. The van der Waals surface area contributed by atoms with E-state index >= 15 is 0 Å². The molecule has 1 fully saturated rings. The summed E-state index contributed by atoms with van der Waals surface area (Å²) in [5, 5.41) is 3.52. The van der Waals surface area contributed by atoms with E-state index in [0.717, 1.165) is 24.4 Å². The Labute approximate surface area is 97.1 Å². The highest BCUT2D eigenvalue weighted by atomic mass is 19.1. The van der Waals surface area contributed by atoms with Gasteiger partial charge in [0.15, 0.2) is 0 Å². The number of hydrogen-bond acceptors (Lipinski definition) is 1. The molecular weight excluding hydrogens is 201 g/mol. The molecule has 2 rings (SSSR count). The second kappa shape index (κ2) is 5.44. The molecule has 1 atom stereocenters. The molecule has 0 aromatic heterocycles. The van der Waals surface area contributed by atoms with Crippen LogP contribution in [0.4, 0.5) is 4.39 Å². The molecule has 2 heteroatoms. The number of benzene rings is 1. The van der Waals surface area contributed by atoms with Crippen LogP contribution in [0, 0.1) is 11.7 Å². The first-order valence-electron chi connectivity index (χ1n) is 6.25. The molecule has 1 aromatic carbocycles. The predicted octanol–water partition coefficient (Wildman–Crippen LogP) is 3.49. The molecule has 0 bridgehead atoms. The Balaban J connectivity index is 1.80. The average Bonchev–Trinajstić information content (AvgIpc) is 3.08. The number of nitrogens with one attached hydrogen (secondary N) is 1. The Bertz CT molecular complexity index is 333. The molecule has 0 saturated heterocycles. The lowest BCUT2D eigenvalue weighted by atomic mass is 10.1. The van der Waals surface area contributed by atoms with Gasteiger partial charge in [-0.15, -0.1) is 0 Å². The van der Waals surface area contributed by atoms with Gasteiger partial charge in [0.2, 0.25) is 0 Å². The van der Waals surface area contributed by atoms with Gasteiger partial charge in [-0.25, -0.2) is 4.39 Å². The van der Waals surface area contributed by atoms with Gasteiger partial charge in [0.25, 0.3) is 0 Å². The zero-order valence-corrected chi connectivity index (χ0v) is 9.88. The molecule has 1 N–H and O–H groups in total. The normalized spacial score (nSPS) is 17.4. The minimum atomic E-state index is -0.144. The lowest BCUT2D eigenvalue weighted by molar-refractivity contribution is 0.444. The summed E-state index contributed by atoms with van der Waals surface area (Å²) in [6.45, 7) is 2.99. The summed E-state index contributed by atoms with van der Waals surface area (Å²) >= 11 is 0. The van der Waals surface area contributed by atoms with Crippen LogP contribution in [0.1, 0.15) is 38.2 Å². The molecule has 0 aliphatic heterocycles. The standard InChI is InChI=1S/C14H20FN/c1-2-14(9-11-6-7-11)16-10-12-4-3-5-13(15)8-12/h3-5,8,11,14,16H,2,6-7,9-10H2,1H3. The van der Waals surface area contributed by atoms with E-state index in [1.165, 1.54) is 25.3 Å². The van der Waals surface area contributed by atoms with Crippen LogP contribution >= 0.6 is 0 Å². The highest BCUT2D eigenvalue weighted by molar-refractivity contribution is 5.16. The third kappa shape index (κ3) is 3.60. The van der Waals surface area contributed by atoms with Crippen molar-refractivity contribution in [3.8, 4) is 0 Å². The maximum atomic E-state index is 13.0. The van der Waals surface area contributed by atoms with Gasteiger partial charge in [0.1, 0.15) is 5.82 Å². The number of hydrogen-bond donors (Lipinski definition) is 1. The Morgan fingerprint density at radius 3 is 2.88 bits per heavy atom. The zero-order valence-electron chi connectivity index (χ0n) is 9.88. The largest absolute Gasteiger partial charge is 0.310 e. The van der Waals surface area contributed by atoms with Crippen molar-refractivity contribution < 1.29 is 4.39 Å². The molecule has 0 amide bonds. The summed E-state index contributed by atoms with van der Waals surface area (Å²) in [4.78, 5) is 0. The Kier molecular flexibility index (Phi) is 3.94. The van der Waals surface area contributed by atoms with Gasteiger partial charge in [-0.2, -0.15) is 0 Å². The molecule has 0 heterocycles. The van der Waals surface area contributed by atoms with E-state index in [9.17, 15) is 4.39 Å². The van der Waals surface area contributed by atoms with Gasteiger partial charge in [-0.1, -0.05) is 31.9 Å². The van der Waals surface area contributed by atoms with Gasteiger partial charge in [-0.05, 0) is 36.5 Å². The summed E-state index contributed by atoms with van der Waals surface area (Å²) in [5.41, 5.74) is 1.04. The van der Waals surface area contributed by atoms with E-state index in [-0.39, 0.29) is 5.82 Å². The third-order valence-electron chi connectivity index (χ3n) is 3.29. The number of rotatable bonds is 6. The van der Waals surface area contributed by atoms with Crippen LogP contribution in [0.25, 0.3) is 0 Å². The van der Waals surface area contributed by atoms with E-state index in [1.54, 1.807) is 12.1 Å². The van der Waals surface area contributed by atoms with Gasteiger partial charge in [-0.3, -0.25) is 0 Å². The fourth-order valence-electron chi connectivity index (χ4n) is 2.06. The SMILES string of the molecule is CCC(CC1CC1)NCc1cccc(F)c1. The van der Waals surface area contributed by atoms with Crippen molar-refractivity contribution in [2.45, 2.75) is 45.2 Å². The highest BCUT2D eigenvalue weighted by Gasteiger charge is 2.24. The Hall–Kier alpha value is -0.890. The number of halogens is 1. The molecule has 1 nitrogen and oxygen atoms in total. The summed E-state index contributed by atoms with van der Waals surface area (Å²) in [6.07, 6.45) is 5.24. The lowest BCUT2D eigenvalue weighted by Crippen LogP contribution is -2.28. The minimum Gasteiger partial charge on any atom is -0.310 e. The van der Waals surface area contributed by atoms with E-state index in [2.05, 4.69) is 12.2 Å². The zero-order chi connectivity index (χ0) is 11.4.